The third-order valence-electron chi connectivity index (χ3n) is 3.56. The van der Waals surface area contributed by atoms with Crippen LogP contribution in [0.3, 0.4) is 0 Å². The van der Waals surface area contributed by atoms with Crippen LogP contribution in [-0.2, 0) is 4.79 Å². The standard InChI is InChI=1S/C18H27ClN6OS2/c1-18(2,3)28-11-13(16(26)21-6-5-9-27-4)22-15-10-14(19)23-17(24-15)25-8-7-20-12-25/h7-8,10,12-13H,5-6,9,11H2,1-4H3,(H,21,26)(H,22,23,24). The summed E-state index contributed by atoms with van der Waals surface area (Å²) in [5.74, 6) is 2.49. The SMILES string of the molecule is CSCCCNC(=O)C(CSC(C)(C)C)Nc1cc(Cl)nc(-n2ccnc2)n1. The number of halogens is 1. The van der Waals surface area contributed by atoms with Crippen molar-refractivity contribution in [1.29, 1.82) is 0 Å². The molecular weight excluding hydrogens is 416 g/mol. The maximum atomic E-state index is 12.7. The highest BCUT2D eigenvalue weighted by atomic mass is 35.5. The Bertz CT molecular complexity index is 751. The summed E-state index contributed by atoms with van der Waals surface area (Å²) in [6.45, 7) is 7.04. The molecule has 1 amide bonds. The highest BCUT2D eigenvalue weighted by Gasteiger charge is 2.22. The Labute approximate surface area is 179 Å². The van der Waals surface area contributed by atoms with Crippen LogP contribution in [0.15, 0.2) is 24.8 Å². The molecular formula is C18H27ClN6OS2. The predicted molar refractivity (Wildman–Crippen MR) is 120 cm³/mol. The van der Waals surface area contributed by atoms with Crippen molar-refractivity contribution < 1.29 is 4.79 Å². The molecule has 2 rings (SSSR count). The molecule has 0 radical (unpaired) electrons. The van der Waals surface area contributed by atoms with Gasteiger partial charge in [0.25, 0.3) is 0 Å². The Morgan fingerprint density at radius 3 is 2.79 bits per heavy atom. The van der Waals surface area contributed by atoms with Gasteiger partial charge in [-0.1, -0.05) is 32.4 Å². The Hall–Kier alpha value is -1.45. The number of nitrogens with zero attached hydrogens (tertiary/aromatic N) is 4. The summed E-state index contributed by atoms with van der Waals surface area (Å²) in [5.41, 5.74) is 0. The quantitative estimate of drug-likeness (QED) is 0.430. The molecule has 2 N–H and O–H groups in total. The van der Waals surface area contributed by atoms with E-state index in [1.54, 1.807) is 52.9 Å². The molecule has 1 atom stereocenters. The Morgan fingerprint density at radius 1 is 1.36 bits per heavy atom. The molecule has 0 fully saturated rings. The first kappa shape index (κ1) is 22.8. The summed E-state index contributed by atoms with van der Waals surface area (Å²) in [7, 11) is 0. The van der Waals surface area contributed by atoms with Gasteiger partial charge in [-0.3, -0.25) is 9.36 Å². The average molecular weight is 443 g/mol. The molecule has 0 aromatic carbocycles. The largest absolute Gasteiger partial charge is 0.358 e. The minimum absolute atomic E-state index is 0.0447. The van der Waals surface area contributed by atoms with E-state index in [4.69, 9.17) is 11.6 Å². The number of nitrogens with one attached hydrogen (secondary N) is 2. The maximum Gasteiger partial charge on any atom is 0.243 e. The molecule has 2 heterocycles. The fraction of sp³-hybridized carbons (Fsp3) is 0.556. The van der Waals surface area contributed by atoms with Crippen LogP contribution < -0.4 is 10.6 Å². The van der Waals surface area contributed by atoms with Gasteiger partial charge in [-0.05, 0) is 18.4 Å². The molecule has 2 aromatic heterocycles. The van der Waals surface area contributed by atoms with E-state index in [-0.39, 0.29) is 10.7 Å². The number of hydrogen-bond acceptors (Lipinski definition) is 7. The molecule has 28 heavy (non-hydrogen) atoms. The number of imidazole rings is 1. The lowest BCUT2D eigenvalue weighted by Gasteiger charge is -2.24. The molecule has 0 saturated carbocycles. The van der Waals surface area contributed by atoms with Crippen molar-refractivity contribution in [3.8, 4) is 5.95 Å². The third kappa shape index (κ3) is 7.89. The van der Waals surface area contributed by atoms with E-state index < -0.39 is 6.04 Å². The summed E-state index contributed by atoms with van der Waals surface area (Å²) in [6.07, 6.45) is 7.98. The van der Waals surface area contributed by atoms with Gasteiger partial charge >= 0.3 is 0 Å². The predicted octanol–water partition coefficient (Wildman–Crippen LogP) is 3.50. The summed E-state index contributed by atoms with van der Waals surface area (Å²) >= 11 is 9.65. The first-order valence-electron chi connectivity index (χ1n) is 8.98. The van der Waals surface area contributed by atoms with E-state index in [0.717, 1.165) is 12.2 Å². The molecule has 0 aliphatic heterocycles. The van der Waals surface area contributed by atoms with Gasteiger partial charge in [-0.15, -0.1) is 0 Å². The minimum Gasteiger partial charge on any atom is -0.358 e. The summed E-state index contributed by atoms with van der Waals surface area (Å²) < 4.78 is 1.71. The van der Waals surface area contributed by atoms with Crippen molar-refractivity contribution in [1.82, 2.24) is 24.8 Å². The van der Waals surface area contributed by atoms with Crippen LogP contribution in [0.1, 0.15) is 27.2 Å². The lowest BCUT2D eigenvalue weighted by atomic mass is 10.2. The van der Waals surface area contributed by atoms with Crippen molar-refractivity contribution >= 4 is 46.8 Å². The minimum atomic E-state index is -0.430. The van der Waals surface area contributed by atoms with E-state index in [2.05, 4.69) is 52.6 Å². The molecule has 7 nitrogen and oxygen atoms in total. The molecule has 1 unspecified atom stereocenters. The second-order valence-corrected chi connectivity index (χ2v) is 10.3. The van der Waals surface area contributed by atoms with E-state index in [9.17, 15) is 4.79 Å². The fourth-order valence-corrected chi connectivity index (χ4v) is 3.73. The molecule has 0 aliphatic rings. The van der Waals surface area contributed by atoms with Crippen LogP contribution in [0, 0.1) is 0 Å². The molecule has 2 aromatic rings. The van der Waals surface area contributed by atoms with Crippen LogP contribution in [0.5, 0.6) is 0 Å². The number of aromatic nitrogens is 4. The third-order valence-corrected chi connectivity index (χ3v) is 5.82. The number of rotatable bonds is 10. The Balaban J connectivity index is 2.13. The molecule has 154 valence electrons. The topological polar surface area (TPSA) is 84.7 Å². The van der Waals surface area contributed by atoms with Gasteiger partial charge in [-0.25, -0.2) is 9.97 Å². The zero-order valence-electron chi connectivity index (χ0n) is 16.6. The fourth-order valence-electron chi connectivity index (χ4n) is 2.22. The van der Waals surface area contributed by atoms with Crippen LogP contribution in [0.4, 0.5) is 5.82 Å². The van der Waals surface area contributed by atoms with Crippen LogP contribution >= 0.6 is 35.1 Å². The van der Waals surface area contributed by atoms with Gasteiger partial charge in [0.05, 0.1) is 0 Å². The van der Waals surface area contributed by atoms with Crippen molar-refractivity contribution in [2.24, 2.45) is 0 Å². The van der Waals surface area contributed by atoms with E-state index in [1.807, 2.05) is 0 Å². The zero-order valence-corrected chi connectivity index (χ0v) is 19.0. The normalized spacial score (nSPS) is 12.6. The van der Waals surface area contributed by atoms with Crippen molar-refractivity contribution in [3.05, 3.63) is 29.9 Å². The number of anilines is 1. The lowest BCUT2D eigenvalue weighted by molar-refractivity contribution is -0.121. The second-order valence-electron chi connectivity index (χ2n) is 7.10. The van der Waals surface area contributed by atoms with Crippen LogP contribution in [0.25, 0.3) is 5.95 Å². The first-order chi connectivity index (χ1) is 13.3. The molecule has 0 aliphatic carbocycles. The molecule has 0 saturated heterocycles. The van der Waals surface area contributed by atoms with Gasteiger partial charge in [-0.2, -0.15) is 28.5 Å². The highest BCUT2D eigenvalue weighted by Crippen LogP contribution is 2.25. The van der Waals surface area contributed by atoms with Crippen molar-refractivity contribution in [2.75, 3.05) is 29.6 Å². The highest BCUT2D eigenvalue weighted by molar-refractivity contribution is 8.00. The smallest absolute Gasteiger partial charge is 0.243 e. The summed E-state index contributed by atoms with van der Waals surface area (Å²) in [6, 6.07) is 1.19. The summed E-state index contributed by atoms with van der Waals surface area (Å²) in [4.78, 5) is 25.4. The molecule has 0 spiro atoms. The molecule has 10 heteroatoms. The van der Waals surface area contributed by atoms with Gasteiger partial charge in [0.15, 0.2) is 0 Å². The van der Waals surface area contributed by atoms with E-state index >= 15 is 0 Å². The number of amides is 1. The van der Waals surface area contributed by atoms with Gasteiger partial charge in [0.1, 0.15) is 23.3 Å². The Morgan fingerprint density at radius 2 is 2.14 bits per heavy atom. The van der Waals surface area contributed by atoms with E-state index in [0.29, 0.717) is 29.2 Å². The monoisotopic (exact) mass is 442 g/mol. The first-order valence-corrected chi connectivity index (χ1v) is 11.7. The van der Waals surface area contributed by atoms with Gasteiger partial charge < -0.3 is 10.6 Å². The van der Waals surface area contributed by atoms with Gasteiger partial charge in [0.2, 0.25) is 11.9 Å². The Kier molecular flexibility index (Phi) is 8.91. The van der Waals surface area contributed by atoms with Crippen molar-refractivity contribution in [3.63, 3.8) is 0 Å². The summed E-state index contributed by atoms with van der Waals surface area (Å²) in [5, 5.41) is 6.53. The number of carbonyl (C=O) groups is 1. The number of hydrogen-bond donors (Lipinski definition) is 2. The van der Waals surface area contributed by atoms with Crippen LogP contribution in [-0.4, -0.2) is 60.5 Å². The van der Waals surface area contributed by atoms with Gasteiger partial charge in [0, 0.05) is 35.5 Å². The lowest BCUT2D eigenvalue weighted by Crippen LogP contribution is -2.42. The molecule has 0 bridgehead atoms. The number of carbonyl (C=O) groups excluding carboxylic acids is 1. The average Bonchev–Trinajstić information content (AvgIpc) is 3.15. The maximum absolute atomic E-state index is 12.7. The van der Waals surface area contributed by atoms with Crippen molar-refractivity contribution in [2.45, 2.75) is 38.0 Å². The number of thioether (sulfide) groups is 2. The second kappa shape index (κ2) is 10.9. The van der Waals surface area contributed by atoms with Crippen LogP contribution in [0.2, 0.25) is 5.15 Å². The zero-order chi connectivity index (χ0) is 20.6. The van der Waals surface area contributed by atoms with E-state index in [1.165, 1.54) is 0 Å².